The minimum absolute atomic E-state index is 0.698. The summed E-state index contributed by atoms with van der Waals surface area (Å²) < 4.78 is 4.80. The van der Waals surface area contributed by atoms with Gasteiger partial charge in [0.25, 0.3) is 0 Å². The summed E-state index contributed by atoms with van der Waals surface area (Å²) in [6.07, 6.45) is 0. The molecule has 0 spiro atoms. The highest BCUT2D eigenvalue weighted by atomic mass is 15.0. The molecule has 0 aliphatic rings. The third kappa shape index (κ3) is 5.15. The number of para-hydroxylation sites is 4. The number of nitrogens with zero attached hydrogens (tertiary/aromatic N) is 4. The van der Waals surface area contributed by atoms with Crippen molar-refractivity contribution in [2.45, 2.75) is 0 Å². The average Bonchev–Trinajstić information content (AvgIpc) is 3.80. The molecule has 3 heterocycles. The Balaban J connectivity index is 1.16. The molecule has 3 aromatic heterocycles. The third-order valence-corrected chi connectivity index (χ3v) is 10.9. The fraction of sp³-hybridized carbons (Fsp3) is 0. The van der Waals surface area contributed by atoms with Crippen LogP contribution >= 0.6 is 0 Å². The Hall–Kier alpha value is -7.56. The highest BCUT2D eigenvalue weighted by Gasteiger charge is 2.20. The largest absolute Gasteiger partial charge is 0.309 e. The molecule has 0 amide bonds. The Morgan fingerprint density at radius 3 is 1.68 bits per heavy atom. The van der Waals surface area contributed by atoms with Crippen LogP contribution in [-0.2, 0) is 0 Å². The van der Waals surface area contributed by atoms with Crippen molar-refractivity contribution < 1.29 is 0 Å². The number of aromatic nitrogens is 4. The van der Waals surface area contributed by atoms with Crippen LogP contribution in [0.15, 0.2) is 206 Å². The van der Waals surface area contributed by atoms with Crippen molar-refractivity contribution >= 4 is 43.6 Å². The Kier molecular flexibility index (Phi) is 7.46. The van der Waals surface area contributed by atoms with E-state index in [9.17, 15) is 0 Å². The second-order valence-electron chi connectivity index (χ2n) is 14.2. The van der Waals surface area contributed by atoms with E-state index in [2.05, 4.69) is 191 Å². The van der Waals surface area contributed by atoms with E-state index in [1.54, 1.807) is 0 Å². The maximum absolute atomic E-state index is 5.26. The molecule has 4 heteroatoms. The summed E-state index contributed by atoms with van der Waals surface area (Å²) in [4.78, 5) is 10.3. The van der Waals surface area contributed by atoms with Gasteiger partial charge in [0.15, 0.2) is 5.82 Å². The van der Waals surface area contributed by atoms with Crippen molar-refractivity contribution in [3.63, 3.8) is 0 Å². The van der Waals surface area contributed by atoms with E-state index >= 15 is 0 Å². The van der Waals surface area contributed by atoms with E-state index in [-0.39, 0.29) is 0 Å². The molecule has 0 aliphatic carbocycles. The zero-order valence-electron chi connectivity index (χ0n) is 30.4. The predicted octanol–water partition coefficient (Wildman–Crippen LogP) is 13.3. The van der Waals surface area contributed by atoms with E-state index in [0.29, 0.717) is 5.82 Å². The van der Waals surface area contributed by atoms with Gasteiger partial charge >= 0.3 is 0 Å². The molecule has 0 radical (unpaired) electrons. The monoisotopic (exact) mass is 714 g/mol. The van der Waals surface area contributed by atoms with E-state index < -0.39 is 0 Å². The smallest absolute Gasteiger partial charge is 0.160 e. The molecule has 11 rings (SSSR count). The van der Waals surface area contributed by atoms with Crippen LogP contribution in [0.25, 0.3) is 100 Å². The molecule has 0 atom stereocenters. The van der Waals surface area contributed by atoms with Crippen LogP contribution < -0.4 is 0 Å². The molecule has 0 aliphatic heterocycles. The maximum Gasteiger partial charge on any atom is 0.160 e. The first-order valence-electron chi connectivity index (χ1n) is 19.0. The van der Waals surface area contributed by atoms with Crippen molar-refractivity contribution in [1.29, 1.82) is 0 Å². The third-order valence-electron chi connectivity index (χ3n) is 10.9. The molecule has 0 N–H and O–H groups in total. The predicted molar refractivity (Wildman–Crippen MR) is 232 cm³/mol. The normalized spacial score (nSPS) is 11.6. The molecule has 4 nitrogen and oxygen atoms in total. The standard InChI is InChI=1S/C52H34N4/c1-4-17-35(18-5-1)44-34-45(54-52(53-44)36-19-6-2-7-20-36)42-24-11-14-28-47(42)56-46-27-13-10-23-40(46)41-32-31-37(33-50(41)56)39-26-16-30-49-51(39)43-25-12-15-29-48(43)55(49)38-21-8-3-9-22-38/h1-34H. The van der Waals surface area contributed by atoms with Gasteiger partial charge in [-0.3, -0.25) is 0 Å². The molecule has 0 saturated carbocycles. The van der Waals surface area contributed by atoms with Crippen LogP contribution in [0.4, 0.5) is 0 Å². The maximum atomic E-state index is 5.26. The van der Waals surface area contributed by atoms with Crippen molar-refractivity contribution in [1.82, 2.24) is 19.1 Å². The van der Waals surface area contributed by atoms with Gasteiger partial charge in [0.1, 0.15) is 0 Å². The van der Waals surface area contributed by atoms with Crippen LogP contribution in [-0.4, -0.2) is 19.1 Å². The zero-order valence-corrected chi connectivity index (χ0v) is 30.4. The SMILES string of the molecule is c1ccc(-c2cc(-c3ccccc3-n3c4ccccc4c4ccc(-c5cccc6c5c5ccccc5n6-c5ccccc5)cc43)nc(-c3ccccc3)n2)cc1. The number of benzene rings is 8. The lowest BCUT2D eigenvalue weighted by Gasteiger charge is -2.16. The first-order chi connectivity index (χ1) is 27.8. The zero-order chi connectivity index (χ0) is 37.0. The fourth-order valence-electron chi connectivity index (χ4n) is 8.46. The minimum Gasteiger partial charge on any atom is -0.309 e. The van der Waals surface area contributed by atoms with Crippen molar-refractivity contribution in [3.05, 3.63) is 206 Å². The molecule has 56 heavy (non-hydrogen) atoms. The Morgan fingerprint density at radius 2 is 0.893 bits per heavy atom. The molecular formula is C52H34N4. The van der Waals surface area contributed by atoms with E-state index in [4.69, 9.17) is 9.97 Å². The van der Waals surface area contributed by atoms with Gasteiger partial charge in [0, 0.05) is 43.9 Å². The number of fused-ring (bicyclic) bond motifs is 6. The van der Waals surface area contributed by atoms with Crippen molar-refractivity contribution in [2.24, 2.45) is 0 Å². The molecule has 262 valence electrons. The van der Waals surface area contributed by atoms with Gasteiger partial charge in [-0.15, -0.1) is 0 Å². The molecular weight excluding hydrogens is 681 g/mol. The number of rotatable bonds is 6. The van der Waals surface area contributed by atoms with Crippen LogP contribution in [0, 0.1) is 0 Å². The van der Waals surface area contributed by atoms with E-state index in [1.165, 1.54) is 43.7 Å². The lowest BCUT2D eigenvalue weighted by atomic mass is 9.98. The van der Waals surface area contributed by atoms with Gasteiger partial charge in [0.2, 0.25) is 0 Å². The van der Waals surface area contributed by atoms with Gasteiger partial charge in [0.05, 0.1) is 39.1 Å². The summed E-state index contributed by atoms with van der Waals surface area (Å²) in [5, 5.41) is 4.90. The Morgan fingerprint density at radius 1 is 0.321 bits per heavy atom. The highest BCUT2D eigenvalue weighted by molar-refractivity contribution is 6.17. The fourth-order valence-corrected chi connectivity index (χ4v) is 8.46. The van der Waals surface area contributed by atoms with Crippen LogP contribution in [0.1, 0.15) is 0 Å². The Labute approximate surface area is 324 Å². The lowest BCUT2D eigenvalue weighted by molar-refractivity contribution is 1.15. The van der Waals surface area contributed by atoms with Gasteiger partial charge < -0.3 is 9.13 Å². The van der Waals surface area contributed by atoms with Crippen LogP contribution in [0.5, 0.6) is 0 Å². The minimum atomic E-state index is 0.698. The quantitative estimate of drug-likeness (QED) is 0.172. The molecule has 8 aromatic carbocycles. The molecule has 0 unspecified atom stereocenters. The molecule has 0 fully saturated rings. The first-order valence-corrected chi connectivity index (χ1v) is 19.0. The lowest BCUT2D eigenvalue weighted by Crippen LogP contribution is -2.00. The summed E-state index contributed by atoms with van der Waals surface area (Å²) in [6.45, 7) is 0. The number of hydrogen-bond donors (Lipinski definition) is 0. The topological polar surface area (TPSA) is 35.6 Å². The summed E-state index contributed by atoms with van der Waals surface area (Å²) in [7, 11) is 0. The van der Waals surface area contributed by atoms with Crippen LogP contribution in [0.2, 0.25) is 0 Å². The summed E-state index contributed by atoms with van der Waals surface area (Å²) in [5.41, 5.74) is 14.1. The summed E-state index contributed by atoms with van der Waals surface area (Å²) in [5.74, 6) is 0.698. The first kappa shape index (κ1) is 31.9. The second-order valence-corrected chi connectivity index (χ2v) is 14.2. The molecule has 11 aromatic rings. The highest BCUT2D eigenvalue weighted by Crippen LogP contribution is 2.42. The van der Waals surface area contributed by atoms with E-state index in [0.717, 1.165) is 50.5 Å². The Bertz CT molecular complexity index is 3170. The van der Waals surface area contributed by atoms with Crippen molar-refractivity contribution in [2.75, 3.05) is 0 Å². The molecule has 0 bridgehead atoms. The van der Waals surface area contributed by atoms with E-state index in [1.807, 2.05) is 24.3 Å². The number of hydrogen-bond acceptors (Lipinski definition) is 2. The summed E-state index contributed by atoms with van der Waals surface area (Å²) >= 11 is 0. The van der Waals surface area contributed by atoms with Gasteiger partial charge in [-0.2, -0.15) is 0 Å². The van der Waals surface area contributed by atoms with Crippen LogP contribution in [0.3, 0.4) is 0 Å². The molecule has 0 saturated heterocycles. The second kappa shape index (κ2) is 13.1. The van der Waals surface area contributed by atoms with Gasteiger partial charge in [-0.25, -0.2) is 9.97 Å². The van der Waals surface area contributed by atoms with Gasteiger partial charge in [-0.1, -0.05) is 158 Å². The van der Waals surface area contributed by atoms with Gasteiger partial charge in [-0.05, 0) is 59.7 Å². The average molecular weight is 715 g/mol. The summed E-state index contributed by atoms with van der Waals surface area (Å²) in [6, 6.07) is 73.2. The van der Waals surface area contributed by atoms with Crippen molar-refractivity contribution in [3.8, 4) is 56.4 Å².